The third-order valence-electron chi connectivity index (χ3n) is 5.54. The molecule has 3 heterocycles. The predicted octanol–water partition coefficient (Wildman–Crippen LogP) is 3.22. The Kier molecular flexibility index (Phi) is 6.45. The number of nitrogens with one attached hydrogen (secondary N) is 1. The molecule has 1 aromatic heterocycles. The maximum absolute atomic E-state index is 12.9. The van der Waals surface area contributed by atoms with Crippen LogP contribution in [0.2, 0.25) is 0 Å². The van der Waals surface area contributed by atoms with Crippen molar-refractivity contribution >= 4 is 50.7 Å². The Balaban J connectivity index is 1.43. The number of ether oxygens (including phenoxy) is 1. The normalized spacial score (nSPS) is 21.5. The SMILES string of the molecule is Cc1cc(N2CC(NC(=O)c3ccc(Br)s3)CC2=O)ccc1C(=O)N1CCOC(C)C1. The van der Waals surface area contributed by atoms with Gasteiger partial charge in [-0.05, 0) is 65.7 Å². The number of hydrogen-bond donors (Lipinski definition) is 1. The third-order valence-corrected chi connectivity index (χ3v) is 7.16. The van der Waals surface area contributed by atoms with Crippen LogP contribution >= 0.6 is 27.3 Å². The number of benzene rings is 1. The number of carbonyl (C=O) groups is 3. The van der Waals surface area contributed by atoms with Crippen molar-refractivity contribution < 1.29 is 19.1 Å². The van der Waals surface area contributed by atoms with Crippen LogP contribution in [0.1, 0.15) is 38.9 Å². The van der Waals surface area contributed by atoms with E-state index in [0.29, 0.717) is 36.7 Å². The molecule has 2 aliphatic rings. The van der Waals surface area contributed by atoms with E-state index in [1.165, 1.54) is 11.3 Å². The van der Waals surface area contributed by atoms with Gasteiger partial charge in [0.1, 0.15) is 0 Å². The van der Waals surface area contributed by atoms with Crippen LogP contribution in [-0.2, 0) is 9.53 Å². The van der Waals surface area contributed by atoms with Crippen molar-refractivity contribution in [1.82, 2.24) is 10.2 Å². The van der Waals surface area contributed by atoms with E-state index < -0.39 is 0 Å². The molecule has 2 atom stereocenters. The molecular formula is C22H24BrN3O4S. The minimum atomic E-state index is -0.252. The molecule has 0 saturated carbocycles. The summed E-state index contributed by atoms with van der Waals surface area (Å²) in [4.78, 5) is 42.0. The number of rotatable bonds is 4. The van der Waals surface area contributed by atoms with Gasteiger partial charge in [0.15, 0.2) is 0 Å². The van der Waals surface area contributed by atoms with Crippen LogP contribution in [0.25, 0.3) is 0 Å². The zero-order valence-electron chi connectivity index (χ0n) is 17.4. The van der Waals surface area contributed by atoms with Crippen LogP contribution in [0.15, 0.2) is 34.1 Å². The molecule has 9 heteroatoms. The second kappa shape index (κ2) is 9.10. The fraction of sp³-hybridized carbons (Fsp3) is 0.409. The number of nitrogens with zero attached hydrogens (tertiary/aromatic N) is 2. The first-order valence-corrected chi connectivity index (χ1v) is 11.8. The van der Waals surface area contributed by atoms with Crippen molar-refractivity contribution in [2.24, 2.45) is 0 Å². The van der Waals surface area contributed by atoms with Crippen LogP contribution < -0.4 is 10.2 Å². The summed E-state index contributed by atoms with van der Waals surface area (Å²) in [5, 5.41) is 2.95. The molecule has 2 aromatic rings. The van der Waals surface area contributed by atoms with Crippen LogP contribution in [0.3, 0.4) is 0 Å². The van der Waals surface area contributed by atoms with Gasteiger partial charge in [-0.3, -0.25) is 14.4 Å². The molecule has 4 rings (SSSR count). The Bertz CT molecular complexity index is 1020. The summed E-state index contributed by atoms with van der Waals surface area (Å²) in [6, 6.07) is 8.80. The van der Waals surface area contributed by atoms with Crippen molar-refractivity contribution in [1.29, 1.82) is 0 Å². The van der Waals surface area contributed by atoms with Gasteiger partial charge in [-0.25, -0.2) is 0 Å². The second-order valence-electron chi connectivity index (χ2n) is 7.91. The average molecular weight is 506 g/mol. The highest BCUT2D eigenvalue weighted by Gasteiger charge is 2.32. The molecule has 1 aromatic carbocycles. The summed E-state index contributed by atoms with van der Waals surface area (Å²) in [7, 11) is 0. The lowest BCUT2D eigenvalue weighted by molar-refractivity contribution is -0.117. The number of amides is 3. The average Bonchev–Trinajstić information content (AvgIpc) is 3.33. The molecule has 2 fully saturated rings. The summed E-state index contributed by atoms with van der Waals surface area (Å²) in [5.41, 5.74) is 2.20. The highest BCUT2D eigenvalue weighted by atomic mass is 79.9. The first-order valence-electron chi connectivity index (χ1n) is 10.2. The number of carbonyl (C=O) groups excluding carboxylic acids is 3. The lowest BCUT2D eigenvalue weighted by atomic mass is 10.1. The van der Waals surface area contributed by atoms with E-state index in [9.17, 15) is 14.4 Å². The summed E-state index contributed by atoms with van der Waals surface area (Å²) in [6.07, 6.45) is 0.283. The van der Waals surface area contributed by atoms with Gasteiger partial charge in [-0.15, -0.1) is 11.3 Å². The third kappa shape index (κ3) is 4.83. The zero-order valence-corrected chi connectivity index (χ0v) is 19.8. The number of morpholine rings is 1. The predicted molar refractivity (Wildman–Crippen MR) is 123 cm³/mol. The molecule has 2 unspecified atom stereocenters. The fourth-order valence-corrected chi connectivity index (χ4v) is 5.26. The van der Waals surface area contributed by atoms with E-state index >= 15 is 0 Å². The fourth-order valence-electron chi connectivity index (χ4n) is 3.98. The molecule has 0 bridgehead atoms. The Labute approximate surface area is 193 Å². The van der Waals surface area contributed by atoms with E-state index in [-0.39, 0.29) is 36.3 Å². The standard InChI is InChI=1S/C22H24BrN3O4S/c1-13-9-16(3-4-17(13)22(29)25-7-8-30-14(2)11-25)26-12-15(10-20(26)27)24-21(28)18-5-6-19(23)31-18/h3-6,9,14-15H,7-8,10-12H2,1-2H3,(H,24,28). The number of thiophene rings is 1. The molecule has 3 amide bonds. The summed E-state index contributed by atoms with van der Waals surface area (Å²) in [6.45, 7) is 5.95. The van der Waals surface area contributed by atoms with Gasteiger partial charge < -0.3 is 19.9 Å². The van der Waals surface area contributed by atoms with Crippen molar-refractivity contribution in [2.45, 2.75) is 32.4 Å². The van der Waals surface area contributed by atoms with Gasteiger partial charge in [0.2, 0.25) is 5.91 Å². The second-order valence-corrected chi connectivity index (χ2v) is 10.4. The van der Waals surface area contributed by atoms with E-state index in [0.717, 1.165) is 15.0 Å². The molecule has 0 radical (unpaired) electrons. The molecule has 1 N–H and O–H groups in total. The van der Waals surface area contributed by atoms with Crippen LogP contribution in [0.4, 0.5) is 5.69 Å². The highest BCUT2D eigenvalue weighted by molar-refractivity contribution is 9.11. The smallest absolute Gasteiger partial charge is 0.261 e. The highest BCUT2D eigenvalue weighted by Crippen LogP contribution is 2.26. The summed E-state index contributed by atoms with van der Waals surface area (Å²) < 4.78 is 6.41. The Morgan fingerprint density at radius 1 is 1.23 bits per heavy atom. The van der Waals surface area contributed by atoms with Gasteiger partial charge in [0.05, 0.1) is 27.4 Å². The first-order chi connectivity index (χ1) is 14.8. The summed E-state index contributed by atoms with van der Waals surface area (Å²) >= 11 is 4.71. The summed E-state index contributed by atoms with van der Waals surface area (Å²) in [5.74, 6) is -0.232. The monoisotopic (exact) mass is 505 g/mol. The van der Waals surface area contributed by atoms with Crippen LogP contribution in [-0.4, -0.2) is 61.0 Å². The maximum atomic E-state index is 12.9. The van der Waals surface area contributed by atoms with E-state index in [4.69, 9.17) is 4.74 Å². The first kappa shape index (κ1) is 22.0. The number of aryl methyl sites for hydroxylation is 1. The molecule has 2 aliphatic heterocycles. The largest absolute Gasteiger partial charge is 0.375 e. The maximum Gasteiger partial charge on any atom is 0.261 e. The Morgan fingerprint density at radius 2 is 2.03 bits per heavy atom. The number of halogens is 1. The molecule has 0 spiro atoms. The van der Waals surface area contributed by atoms with E-state index in [1.807, 2.05) is 36.9 Å². The minimum absolute atomic E-state index is 0.0146. The van der Waals surface area contributed by atoms with Gasteiger partial charge >= 0.3 is 0 Å². The van der Waals surface area contributed by atoms with Gasteiger partial charge in [0.25, 0.3) is 11.8 Å². The minimum Gasteiger partial charge on any atom is -0.375 e. The molecular weight excluding hydrogens is 482 g/mol. The number of anilines is 1. The van der Waals surface area contributed by atoms with Crippen molar-refractivity contribution in [2.75, 3.05) is 31.1 Å². The van der Waals surface area contributed by atoms with Crippen molar-refractivity contribution in [3.05, 3.63) is 50.1 Å². The molecule has 7 nitrogen and oxygen atoms in total. The zero-order chi connectivity index (χ0) is 22.1. The molecule has 164 valence electrons. The molecule has 31 heavy (non-hydrogen) atoms. The Hall–Kier alpha value is -2.23. The van der Waals surface area contributed by atoms with Gasteiger partial charge in [0, 0.05) is 37.3 Å². The molecule has 0 aliphatic carbocycles. The van der Waals surface area contributed by atoms with Crippen LogP contribution in [0, 0.1) is 6.92 Å². The lowest BCUT2D eigenvalue weighted by Crippen LogP contribution is -2.44. The molecule has 2 saturated heterocycles. The number of hydrogen-bond acceptors (Lipinski definition) is 5. The van der Waals surface area contributed by atoms with Crippen molar-refractivity contribution in [3.63, 3.8) is 0 Å². The van der Waals surface area contributed by atoms with Crippen LogP contribution in [0.5, 0.6) is 0 Å². The quantitative estimate of drug-likeness (QED) is 0.691. The van der Waals surface area contributed by atoms with Crippen molar-refractivity contribution in [3.8, 4) is 0 Å². The van der Waals surface area contributed by atoms with Gasteiger partial charge in [-0.1, -0.05) is 0 Å². The van der Waals surface area contributed by atoms with E-state index in [2.05, 4.69) is 21.2 Å². The topological polar surface area (TPSA) is 79.0 Å². The van der Waals surface area contributed by atoms with Gasteiger partial charge in [-0.2, -0.15) is 0 Å². The lowest BCUT2D eigenvalue weighted by Gasteiger charge is -2.31. The Morgan fingerprint density at radius 3 is 2.71 bits per heavy atom. The van der Waals surface area contributed by atoms with E-state index in [1.54, 1.807) is 17.0 Å².